The summed E-state index contributed by atoms with van der Waals surface area (Å²) in [5, 5.41) is 8.75. The number of hydrogen-bond acceptors (Lipinski definition) is 6. The number of H-pyrrole nitrogens is 1. The van der Waals surface area contributed by atoms with Gasteiger partial charge in [0.15, 0.2) is 11.5 Å². The van der Waals surface area contributed by atoms with Crippen LogP contribution in [0, 0.1) is 0 Å². The van der Waals surface area contributed by atoms with Crippen LogP contribution in [0.4, 0.5) is 0 Å². The number of aromatic amines is 1. The molecule has 1 aromatic carbocycles. The fraction of sp³-hybridized carbons (Fsp3) is 0.176. The van der Waals surface area contributed by atoms with Crippen molar-refractivity contribution in [3.05, 3.63) is 62.7 Å². The fourth-order valence-electron chi connectivity index (χ4n) is 2.30. The molecule has 0 saturated heterocycles. The number of thiophene rings is 1. The number of ether oxygens (including phenoxy) is 1. The molecule has 0 radical (unpaired) electrons. The molecule has 0 fully saturated rings. The van der Waals surface area contributed by atoms with Crippen molar-refractivity contribution >= 4 is 33.9 Å². The molecule has 1 N–H and O–H groups in total. The quantitative estimate of drug-likeness (QED) is 0.423. The van der Waals surface area contributed by atoms with Crippen LogP contribution in [0.25, 0.3) is 10.8 Å². The summed E-state index contributed by atoms with van der Waals surface area (Å²) in [6, 6.07) is 10.3. The number of rotatable bonds is 6. The van der Waals surface area contributed by atoms with Gasteiger partial charge >= 0.3 is 5.97 Å². The Hall–Kier alpha value is -2.80. The van der Waals surface area contributed by atoms with E-state index in [4.69, 9.17) is 4.74 Å². The first-order chi connectivity index (χ1) is 11.7. The number of aromatic nitrogens is 2. The van der Waals surface area contributed by atoms with E-state index in [2.05, 4.69) is 10.2 Å². The molecular weight excluding hydrogens is 328 g/mol. The van der Waals surface area contributed by atoms with Crippen LogP contribution in [-0.4, -0.2) is 28.6 Å². The van der Waals surface area contributed by atoms with Crippen LogP contribution < -0.4 is 5.56 Å². The normalized spacial score (nSPS) is 10.7. The van der Waals surface area contributed by atoms with Crippen molar-refractivity contribution in [2.24, 2.45) is 0 Å². The highest BCUT2D eigenvalue weighted by Gasteiger charge is 2.15. The fourth-order valence-corrected chi connectivity index (χ4v) is 2.99. The van der Waals surface area contributed by atoms with Gasteiger partial charge in [-0.05, 0) is 23.9 Å². The molecule has 0 spiro atoms. The smallest absolute Gasteiger partial charge is 0.359 e. The number of esters is 1. The first-order valence-electron chi connectivity index (χ1n) is 7.38. The highest BCUT2D eigenvalue weighted by Crippen LogP contribution is 2.14. The molecule has 24 heavy (non-hydrogen) atoms. The van der Waals surface area contributed by atoms with Crippen molar-refractivity contribution in [2.45, 2.75) is 12.8 Å². The summed E-state index contributed by atoms with van der Waals surface area (Å²) in [7, 11) is 0. The molecule has 0 aliphatic heterocycles. The Morgan fingerprint density at radius 2 is 1.92 bits per heavy atom. The highest BCUT2D eigenvalue weighted by molar-refractivity contribution is 7.12. The molecule has 2 heterocycles. The van der Waals surface area contributed by atoms with E-state index in [1.807, 2.05) is 11.4 Å². The van der Waals surface area contributed by atoms with Gasteiger partial charge in [0.05, 0.1) is 16.9 Å². The number of benzene rings is 1. The maximum atomic E-state index is 12.2. The molecule has 0 amide bonds. The van der Waals surface area contributed by atoms with Gasteiger partial charge in [0, 0.05) is 11.8 Å². The van der Waals surface area contributed by atoms with Gasteiger partial charge in [0.25, 0.3) is 5.56 Å². The first kappa shape index (κ1) is 16.1. The van der Waals surface area contributed by atoms with E-state index in [1.54, 1.807) is 30.3 Å². The standard InChI is InChI=1S/C17H14N2O4S/c20-13(14-8-4-10-24-14)7-3-9-23-17(22)15-11-5-1-2-6-12(11)16(21)19-18-15/h1-2,4-6,8,10H,3,7,9H2,(H,19,21). The second kappa shape index (κ2) is 7.18. The predicted octanol–water partition coefficient (Wildman–Crippen LogP) is 2.80. The number of nitrogens with zero attached hydrogens (tertiary/aromatic N) is 1. The number of nitrogens with one attached hydrogen (secondary N) is 1. The number of Topliss-reactive ketones (excluding diaryl/α,β-unsaturated/α-hetero) is 1. The number of hydrogen-bond donors (Lipinski definition) is 1. The Bertz CT molecular complexity index is 931. The lowest BCUT2D eigenvalue weighted by molar-refractivity contribution is 0.0488. The average Bonchev–Trinajstić information content (AvgIpc) is 3.13. The summed E-state index contributed by atoms with van der Waals surface area (Å²) >= 11 is 1.39. The van der Waals surface area contributed by atoms with Crippen molar-refractivity contribution in [2.75, 3.05) is 6.61 Å². The van der Waals surface area contributed by atoms with Gasteiger partial charge in [-0.1, -0.05) is 24.3 Å². The average molecular weight is 342 g/mol. The zero-order valence-electron chi connectivity index (χ0n) is 12.7. The van der Waals surface area contributed by atoms with Crippen LogP contribution >= 0.6 is 11.3 Å². The molecule has 2 aromatic heterocycles. The summed E-state index contributed by atoms with van der Waals surface area (Å²) in [4.78, 5) is 36.4. The number of fused-ring (bicyclic) bond motifs is 1. The highest BCUT2D eigenvalue weighted by atomic mass is 32.1. The first-order valence-corrected chi connectivity index (χ1v) is 8.26. The SMILES string of the molecule is O=C(CCCOC(=O)c1n[nH]c(=O)c2ccccc12)c1cccs1. The van der Waals surface area contributed by atoms with Gasteiger partial charge in [-0.15, -0.1) is 11.3 Å². The van der Waals surface area contributed by atoms with E-state index >= 15 is 0 Å². The third-order valence-corrected chi connectivity index (χ3v) is 4.38. The molecule has 0 saturated carbocycles. The molecular formula is C17H14N2O4S. The third-order valence-electron chi connectivity index (χ3n) is 3.47. The maximum absolute atomic E-state index is 12.2. The summed E-state index contributed by atoms with van der Waals surface area (Å²) in [6.07, 6.45) is 0.747. The van der Waals surface area contributed by atoms with Crippen molar-refractivity contribution in [1.29, 1.82) is 0 Å². The Labute approximate surface area is 141 Å². The van der Waals surface area contributed by atoms with E-state index in [9.17, 15) is 14.4 Å². The van der Waals surface area contributed by atoms with Crippen LogP contribution in [0.3, 0.4) is 0 Å². The zero-order chi connectivity index (χ0) is 16.9. The van der Waals surface area contributed by atoms with Crippen LogP contribution in [0.1, 0.15) is 33.0 Å². The summed E-state index contributed by atoms with van der Waals surface area (Å²) in [6.45, 7) is 0.116. The molecule has 0 bridgehead atoms. The van der Waals surface area contributed by atoms with Crippen LogP contribution in [-0.2, 0) is 4.74 Å². The lowest BCUT2D eigenvalue weighted by atomic mass is 10.1. The van der Waals surface area contributed by atoms with Gasteiger partial charge in [-0.25, -0.2) is 9.89 Å². The molecule has 0 aliphatic rings. The lowest BCUT2D eigenvalue weighted by Crippen LogP contribution is -2.16. The van der Waals surface area contributed by atoms with Crippen LogP contribution in [0.15, 0.2) is 46.6 Å². The van der Waals surface area contributed by atoms with Crippen molar-refractivity contribution < 1.29 is 14.3 Å². The number of ketones is 1. The lowest BCUT2D eigenvalue weighted by Gasteiger charge is -2.06. The molecule has 6 nitrogen and oxygen atoms in total. The Kier molecular flexibility index (Phi) is 4.81. The predicted molar refractivity (Wildman–Crippen MR) is 90.5 cm³/mol. The van der Waals surface area contributed by atoms with Crippen molar-refractivity contribution in [1.82, 2.24) is 10.2 Å². The van der Waals surface area contributed by atoms with E-state index in [-0.39, 0.29) is 23.6 Å². The van der Waals surface area contributed by atoms with Gasteiger partial charge in [0.1, 0.15) is 0 Å². The van der Waals surface area contributed by atoms with E-state index in [1.165, 1.54) is 11.3 Å². The summed E-state index contributed by atoms with van der Waals surface area (Å²) in [5.41, 5.74) is -0.293. The van der Waals surface area contributed by atoms with Gasteiger partial charge in [-0.3, -0.25) is 9.59 Å². The largest absolute Gasteiger partial charge is 0.461 e. The number of carbonyl (C=O) groups excluding carboxylic acids is 2. The maximum Gasteiger partial charge on any atom is 0.359 e. The van der Waals surface area contributed by atoms with Crippen LogP contribution in [0.2, 0.25) is 0 Å². The monoisotopic (exact) mass is 342 g/mol. The third kappa shape index (κ3) is 3.41. The van der Waals surface area contributed by atoms with E-state index < -0.39 is 5.97 Å². The zero-order valence-corrected chi connectivity index (χ0v) is 13.5. The van der Waals surface area contributed by atoms with E-state index in [0.717, 1.165) is 0 Å². The Balaban J connectivity index is 1.61. The topological polar surface area (TPSA) is 89.1 Å². The molecule has 3 aromatic rings. The van der Waals surface area contributed by atoms with Crippen molar-refractivity contribution in [3.63, 3.8) is 0 Å². The molecule has 0 aliphatic carbocycles. The second-order valence-electron chi connectivity index (χ2n) is 5.09. The minimum atomic E-state index is -0.619. The second-order valence-corrected chi connectivity index (χ2v) is 6.03. The summed E-state index contributed by atoms with van der Waals surface area (Å²) in [5.74, 6) is -0.584. The van der Waals surface area contributed by atoms with Crippen LogP contribution in [0.5, 0.6) is 0 Å². The van der Waals surface area contributed by atoms with Gasteiger partial charge in [0.2, 0.25) is 0 Å². The number of carbonyl (C=O) groups is 2. The van der Waals surface area contributed by atoms with Crippen molar-refractivity contribution in [3.8, 4) is 0 Å². The molecule has 0 unspecified atom stereocenters. The molecule has 122 valence electrons. The van der Waals surface area contributed by atoms with Gasteiger partial charge < -0.3 is 4.74 Å². The minimum Gasteiger partial charge on any atom is -0.461 e. The Morgan fingerprint density at radius 1 is 1.12 bits per heavy atom. The van der Waals surface area contributed by atoms with Gasteiger partial charge in [-0.2, -0.15) is 5.10 Å². The minimum absolute atomic E-state index is 0.0358. The molecule has 0 atom stereocenters. The van der Waals surface area contributed by atoms with E-state index in [0.29, 0.717) is 28.5 Å². The molecule has 7 heteroatoms. The Morgan fingerprint density at radius 3 is 2.67 bits per heavy atom. The summed E-state index contributed by atoms with van der Waals surface area (Å²) < 4.78 is 5.17. The molecule has 3 rings (SSSR count).